The molecule has 4 heteroatoms. The summed E-state index contributed by atoms with van der Waals surface area (Å²) in [7, 11) is 0. The van der Waals surface area contributed by atoms with Gasteiger partial charge in [-0.1, -0.05) is 0 Å². The molecule has 4 nitrogen and oxygen atoms in total. The Morgan fingerprint density at radius 3 is 3.00 bits per heavy atom. The minimum absolute atomic E-state index is 0.0535. The molecule has 0 aliphatic heterocycles. The number of carbonyl (C=O) groups is 1. The van der Waals surface area contributed by atoms with Gasteiger partial charge in [-0.3, -0.25) is 4.98 Å². The van der Waals surface area contributed by atoms with Crippen LogP contribution in [0.5, 0.6) is 0 Å². The fraction of sp³-hybridized carbons (Fsp3) is 0. The third kappa shape index (κ3) is 2.05. The van der Waals surface area contributed by atoms with E-state index in [0.29, 0.717) is 0 Å². The highest BCUT2D eigenvalue weighted by atomic mass is 16.4. The molecule has 1 aromatic heterocycles. The van der Waals surface area contributed by atoms with Crippen LogP contribution in [-0.2, 0) is 0 Å². The summed E-state index contributed by atoms with van der Waals surface area (Å²) in [4.78, 5) is 14.3. The van der Waals surface area contributed by atoms with Crippen molar-refractivity contribution >= 4 is 5.97 Å². The molecule has 1 aromatic rings. The van der Waals surface area contributed by atoms with Crippen LogP contribution in [0.4, 0.5) is 0 Å². The van der Waals surface area contributed by atoms with E-state index in [4.69, 9.17) is 10.4 Å². The molecule has 0 fully saturated rings. The zero-order valence-corrected chi connectivity index (χ0v) is 6.48. The summed E-state index contributed by atoms with van der Waals surface area (Å²) >= 11 is 0. The van der Waals surface area contributed by atoms with Crippen molar-refractivity contribution in [2.75, 3.05) is 0 Å². The van der Waals surface area contributed by atoms with E-state index in [1.807, 2.05) is 0 Å². The van der Waals surface area contributed by atoms with E-state index in [2.05, 4.69) is 16.8 Å². The van der Waals surface area contributed by atoms with E-state index in [1.54, 1.807) is 6.07 Å². The molecule has 0 atom stereocenters. The summed E-state index contributed by atoms with van der Waals surface area (Å²) in [5.74, 6) is 3.42. The highest BCUT2D eigenvalue weighted by molar-refractivity contribution is 5.90. The van der Waals surface area contributed by atoms with Crippen LogP contribution in [0.2, 0.25) is 0 Å². The highest BCUT2D eigenvalue weighted by Gasteiger charge is 2.06. The maximum atomic E-state index is 10.6. The molecule has 0 saturated heterocycles. The lowest BCUT2D eigenvalue weighted by molar-refractivity contribution is 0.0696. The molecule has 62 valence electrons. The number of hydrogen-bond donors (Lipinski definition) is 1. The van der Waals surface area contributed by atoms with Gasteiger partial charge in [0.1, 0.15) is 0 Å². The van der Waals surface area contributed by atoms with Crippen LogP contribution in [0.25, 0.3) is 0 Å². The minimum Gasteiger partial charge on any atom is -0.478 e. The van der Waals surface area contributed by atoms with Crippen LogP contribution >= 0.6 is 0 Å². The van der Waals surface area contributed by atoms with Gasteiger partial charge in [-0.05, 0) is 12.0 Å². The zero-order valence-electron chi connectivity index (χ0n) is 6.48. The van der Waals surface area contributed by atoms with Crippen LogP contribution < -0.4 is 0 Å². The van der Waals surface area contributed by atoms with Crippen molar-refractivity contribution in [3.8, 4) is 17.9 Å². The van der Waals surface area contributed by atoms with Crippen molar-refractivity contribution in [1.82, 2.24) is 4.98 Å². The Hall–Kier alpha value is -2.33. The lowest BCUT2D eigenvalue weighted by Gasteiger charge is -1.95. The van der Waals surface area contributed by atoms with E-state index >= 15 is 0 Å². The minimum atomic E-state index is -1.08. The molecule has 1 rings (SSSR count). The summed E-state index contributed by atoms with van der Waals surface area (Å²) in [6.07, 6.45) is 2.68. The monoisotopic (exact) mass is 172 g/mol. The number of carboxylic acids is 1. The maximum absolute atomic E-state index is 10.6. The van der Waals surface area contributed by atoms with Crippen LogP contribution in [0.3, 0.4) is 0 Å². The Bertz CT molecular complexity index is 435. The molecule has 13 heavy (non-hydrogen) atoms. The molecule has 0 radical (unpaired) electrons. The molecule has 0 saturated carbocycles. The van der Waals surface area contributed by atoms with Gasteiger partial charge >= 0.3 is 5.97 Å². The molecule has 0 aliphatic carbocycles. The molecular weight excluding hydrogens is 168 g/mol. The van der Waals surface area contributed by atoms with Gasteiger partial charge in [0.15, 0.2) is 6.07 Å². The Morgan fingerprint density at radius 1 is 1.62 bits per heavy atom. The van der Waals surface area contributed by atoms with E-state index in [-0.39, 0.29) is 11.1 Å². The first kappa shape index (κ1) is 8.76. The average molecular weight is 172 g/mol. The molecule has 1 N–H and O–H groups in total. The van der Waals surface area contributed by atoms with E-state index in [0.717, 1.165) is 0 Å². The standard InChI is InChI=1S/C9H4N2O2/c10-4-1-2-7-6-11-5-3-8(7)9(12)13/h3,5-6H,(H,12,13). The van der Waals surface area contributed by atoms with E-state index in [1.165, 1.54) is 18.5 Å². The molecule has 0 spiro atoms. The number of aromatic nitrogens is 1. The van der Waals surface area contributed by atoms with Gasteiger partial charge in [0.25, 0.3) is 0 Å². The molecule has 0 aliphatic rings. The Morgan fingerprint density at radius 2 is 2.38 bits per heavy atom. The Balaban J connectivity index is 3.22. The number of pyridine rings is 1. The van der Waals surface area contributed by atoms with Crippen molar-refractivity contribution in [2.45, 2.75) is 0 Å². The van der Waals surface area contributed by atoms with Crippen LogP contribution in [-0.4, -0.2) is 16.1 Å². The molecule has 0 aromatic carbocycles. The Kier molecular flexibility index (Phi) is 2.62. The third-order valence-electron chi connectivity index (χ3n) is 1.30. The normalized spacial score (nSPS) is 7.92. The van der Waals surface area contributed by atoms with Gasteiger partial charge in [0.05, 0.1) is 11.1 Å². The van der Waals surface area contributed by atoms with Crippen molar-refractivity contribution in [1.29, 1.82) is 5.26 Å². The second-order valence-electron chi connectivity index (χ2n) is 2.09. The molecule has 1 heterocycles. The van der Waals surface area contributed by atoms with E-state index < -0.39 is 5.97 Å². The number of aromatic carboxylic acids is 1. The first-order valence-corrected chi connectivity index (χ1v) is 3.33. The predicted molar refractivity (Wildman–Crippen MR) is 43.7 cm³/mol. The summed E-state index contributed by atoms with van der Waals surface area (Å²) in [5, 5.41) is 16.9. The molecule has 0 amide bonds. The lowest BCUT2D eigenvalue weighted by Crippen LogP contribution is -2.00. The summed E-state index contributed by atoms with van der Waals surface area (Å²) in [6.45, 7) is 0. The van der Waals surface area contributed by atoms with Gasteiger partial charge < -0.3 is 5.11 Å². The second kappa shape index (κ2) is 3.89. The van der Waals surface area contributed by atoms with Crippen LogP contribution in [0, 0.1) is 23.2 Å². The van der Waals surface area contributed by atoms with Crippen LogP contribution in [0.1, 0.15) is 15.9 Å². The van der Waals surface area contributed by atoms with Gasteiger partial charge in [-0.25, -0.2) is 4.79 Å². The van der Waals surface area contributed by atoms with Crippen molar-refractivity contribution < 1.29 is 9.90 Å². The highest BCUT2D eigenvalue weighted by Crippen LogP contribution is 2.04. The average Bonchev–Trinajstić information content (AvgIpc) is 2.15. The largest absolute Gasteiger partial charge is 0.478 e. The fourth-order valence-corrected chi connectivity index (χ4v) is 0.776. The first-order chi connectivity index (χ1) is 6.25. The van der Waals surface area contributed by atoms with Gasteiger partial charge in [0, 0.05) is 18.3 Å². The molecule has 0 unspecified atom stereocenters. The SMILES string of the molecule is N#CC#Cc1cnccc1C(=O)O. The molecular formula is C9H4N2O2. The summed E-state index contributed by atoms with van der Waals surface area (Å²) in [6, 6.07) is 2.94. The summed E-state index contributed by atoms with van der Waals surface area (Å²) in [5.41, 5.74) is 0.300. The quantitative estimate of drug-likeness (QED) is 0.631. The topological polar surface area (TPSA) is 74.0 Å². The number of rotatable bonds is 1. The summed E-state index contributed by atoms with van der Waals surface area (Å²) < 4.78 is 0. The van der Waals surface area contributed by atoms with E-state index in [9.17, 15) is 4.79 Å². The van der Waals surface area contributed by atoms with Crippen LogP contribution in [0.15, 0.2) is 18.5 Å². The third-order valence-corrected chi connectivity index (χ3v) is 1.30. The predicted octanol–water partition coefficient (Wildman–Crippen LogP) is 0.655. The van der Waals surface area contributed by atoms with Crippen molar-refractivity contribution in [3.63, 3.8) is 0 Å². The van der Waals surface area contributed by atoms with Gasteiger partial charge in [-0.15, -0.1) is 0 Å². The first-order valence-electron chi connectivity index (χ1n) is 3.33. The van der Waals surface area contributed by atoms with Gasteiger partial charge in [-0.2, -0.15) is 5.26 Å². The van der Waals surface area contributed by atoms with Crippen molar-refractivity contribution in [3.05, 3.63) is 29.6 Å². The fourth-order valence-electron chi connectivity index (χ4n) is 0.776. The lowest BCUT2D eigenvalue weighted by atomic mass is 10.1. The number of nitrogens with zero attached hydrogens (tertiary/aromatic N) is 2. The zero-order chi connectivity index (χ0) is 9.68. The van der Waals surface area contributed by atoms with Crippen molar-refractivity contribution in [2.24, 2.45) is 0 Å². The number of nitriles is 1. The second-order valence-corrected chi connectivity index (χ2v) is 2.09. The number of hydrogen-bond acceptors (Lipinski definition) is 3. The Labute approximate surface area is 74.5 Å². The number of carboxylic acid groups (broad SMARTS) is 1. The molecule has 0 bridgehead atoms. The maximum Gasteiger partial charge on any atom is 0.337 e. The smallest absolute Gasteiger partial charge is 0.337 e. The van der Waals surface area contributed by atoms with Gasteiger partial charge in [0.2, 0.25) is 0 Å².